The van der Waals surface area contributed by atoms with E-state index in [1.807, 2.05) is 0 Å². The number of halogens is 5. The lowest BCUT2D eigenvalue weighted by molar-refractivity contribution is -0.154. The number of nitrogens with one attached hydrogen (secondary N) is 2. The van der Waals surface area contributed by atoms with E-state index in [9.17, 15) is 22.8 Å². The molecule has 0 atom stereocenters. The molecule has 44 heavy (non-hydrogen) atoms. The number of aromatic nitrogens is 2. The highest BCUT2D eigenvalue weighted by molar-refractivity contribution is 6.34. The first-order valence-corrected chi connectivity index (χ1v) is 14.1. The molecule has 0 saturated heterocycles. The molecule has 2 N–H and O–H groups in total. The standard InChI is InChI=1S/C31H29Cl2F3N4O4/c1-30(2,3)44-27(41)12-13-37-28(42)21-6-4-19(5-7-21)18-43-29-26(20-8-10-24(11-9-20)38-31(34,35)36)17-40(39-29)25-15-22(32)14-23(33)16-25/h4-11,14-17,38H,12-13,18H2,1-3H3,(H,37,42). The van der Waals surface area contributed by atoms with E-state index >= 15 is 0 Å². The number of hydrogen-bond donors (Lipinski definition) is 2. The second-order valence-corrected chi connectivity index (χ2v) is 11.6. The third-order valence-corrected chi connectivity index (χ3v) is 6.34. The first-order chi connectivity index (χ1) is 20.6. The van der Waals surface area contributed by atoms with Gasteiger partial charge in [0, 0.05) is 34.0 Å². The molecule has 0 aliphatic rings. The summed E-state index contributed by atoms with van der Waals surface area (Å²) in [6, 6.07) is 17.2. The van der Waals surface area contributed by atoms with Crippen LogP contribution in [0.25, 0.3) is 16.8 Å². The molecule has 8 nitrogen and oxygen atoms in total. The normalized spacial score (nSPS) is 11.6. The molecule has 4 aromatic rings. The quantitative estimate of drug-likeness (QED) is 0.134. The monoisotopic (exact) mass is 648 g/mol. The Balaban J connectivity index is 1.47. The molecule has 3 aromatic carbocycles. The van der Waals surface area contributed by atoms with Crippen LogP contribution in [0.5, 0.6) is 5.88 Å². The van der Waals surface area contributed by atoms with Gasteiger partial charge in [0.2, 0.25) is 5.88 Å². The summed E-state index contributed by atoms with van der Waals surface area (Å²) in [7, 11) is 0. The zero-order valence-corrected chi connectivity index (χ0v) is 25.5. The Hall–Kier alpha value is -4.22. The molecular weight excluding hydrogens is 620 g/mol. The van der Waals surface area contributed by atoms with Gasteiger partial charge in [-0.05, 0) is 74.4 Å². The summed E-state index contributed by atoms with van der Waals surface area (Å²) >= 11 is 12.3. The number of alkyl halides is 3. The molecule has 0 aliphatic heterocycles. The molecule has 0 spiro atoms. The van der Waals surface area contributed by atoms with Crippen molar-refractivity contribution in [2.45, 2.75) is 45.7 Å². The number of nitrogens with zero attached hydrogens (tertiary/aromatic N) is 2. The predicted octanol–water partition coefficient (Wildman–Crippen LogP) is 7.82. The van der Waals surface area contributed by atoms with E-state index in [1.165, 1.54) is 34.3 Å². The molecule has 0 fully saturated rings. The lowest BCUT2D eigenvalue weighted by Crippen LogP contribution is -2.29. The minimum absolute atomic E-state index is 0.0485. The number of amides is 1. The maximum absolute atomic E-state index is 12.7. The average molecular weight is 649 g/mol. The second-order valence-electron chi connectivity index (χ2n) is 10.7. The largest absolute Gasteiger partial charge is 0.482 e. The van der Waals surface area contributed by atoms with E-state index in [1.54, 1.807) is 69.4 Å². The van der Waals surface area contributed by atoms with Crippen LogP contribution >= 0.6 is 23.2 Å². The summed E-state index contributed by atoms with van der Waals surface area (Å²) in [6.07, 6.45) is -2.86. The van der Waals surface area contributed by atoms with Crippen LogP contribution < -0.4 is 15.4 Å². The van der Waals surface area contributed by atoms with Crippen molar-refractivity contribution >= 4 is 40.8 Å². The molecule has 0 radical (unpaired) electrons. The number of benzene rings is 3. The van der Waals surface area contributed by atoms with Crippen LogP contribution in [0.4, 0.5) is 18.9 Å². The number of ether oxygens (including phenoxy) is 2. The minimum Gasteiger partial charge on any atom is -0.471 e. The van der Waals surface area contributed by atoms with Crippen LogP contribution in [0.3, 0.4) is 0 Å². The van der Waals surface area contributed by atoms with Crippen molar-refractivity contribution in [2.24, 2.45) is 0 Å². The Bertz CT molecular complexity index is 1600. The molecule has 1 heterocycles. The molecule has 0 unspecified atom stereocenters. The Morgan fingerprint density at radius 2 is 1.57 bits per heavy atom. The van der Waals surface area contributed by atoms with E-state index < -0.39 is 17.9 Å². The fourth-order valence-corrected chi connectivity index (χ4v) is 4.55. The lowest BCUT2D eigenvalue weighted by atomic mass is 10.1. The fourth-order valence-electron chi connectivity index (χ4n) is 4.04. The van der Waals surface area contributed by atoms with Crippen LogP contribution in [-0.2, 0) is 16.1 Å². The molecule has 0 aliphatic carbocycles. The SMILES string of the molecule is CC(C)(C)OC(=O)CCNC(=O)c1ccc(COc2nn(-c3cc(Cl)cc(Cl)c3)cc2-c2ccc(NC(F)(F)F)cc2)cc1. The molecular formula is C31H29Cl2F3N4O4. The summed E-state index contributed by atoms with van der Waals surface area (Å²) in [5.74, 6) is -0.535. The van der Waals surface area contributed by atoms with Crippen molar-refractivity contribution in [3.8, 4) is 22.7 Å². The third kappa shape index (κ3) is 9.65. The first kappa shape index (κ1) is 32.7. The van der Waals surface area contributed by atoms with Crippen molar-refractivity contribution in [3.05, 3.63) is 94.1 Å². The zero-order valence-electron chi connectivity index (χ0n) is 24.0. The highest BCUT2D eigenvalue weighted by atomic mass is 35.5. The van der Waals surface area contributed by atoms with Gasteiger partial charge in [-0.15, -0.1) is 5.10 Å². The zero-order chi connectivity index (χ0) is 32.1. The van der Waals surface area contributed by atoms with Crippen LogP contribution in [-0.4, -0.2) is 40.1 Å². The minimum atomic E-state index is -4.57. The summed E-state index contributed by atoms with van der Waals surface area (Å²) in [5, 5.41) is 9.48. The predicted molar refractivity (Wildman–Crippen MR) is 162 cm³/mol. The van der Waals surface area contributed by atoms with Gasteiger partial charge >= 0.3 is 12.3 Å². The Labute approximate surface area is 262 Å². The number of anilines is 1. The summed E-state index contributed by atoms with van der Waals surface area (Å²) < 4.78 is 51.0. The molecule has 0 bridgehead atoms. The number of carbonyl (C=O) groups excluding carboxylic acids is 2. The maximum atomic E-state index is 12.7. The number of rotatable bonds is 10. The fraction of sp³-hybridized carbons (Fsp3) is 0.258. The first-order valence-electron chi connectivity index (χ1n) is 13.4. The maximum Gasteiger partial charge on any atom is 0.482 e. The molecule has 232 valence electrons. The van der Waals surface area contributed by atoms with Gasteiger partial charge in [-0.3, -0.25) is 14.9 Å². The van der Waals surface area contributed by atoms with Gasteiger partial charge in [-0.2, -0.15) is 13.2 Å². The number of hydrogen-bond acceptors (Lipinski definition) is 6. The molecule has 4 rings (SSSR count). The summed E-state index contributed by atoms with van der Waals surface area (Å²) in [6.45, 7) is 5.52. The van der Waals surface area contributed by atoms with Gasteiger partial charge < -0.3 is 14.8 Å². The average Bonchev–Trinajstić information content (AvgIpc) is 3.34. The van der Waals surface area contributed by atoms with E-state index in [0.29, 0.717) is 32.4 Å². The van der Waals surface area contributed by atoms with Gasteiger partial charge in [0.05, 0.1) is 17.7 Å². The summed E-state index contributed by atoms with van der Waals surface area (Å²) in [5.41, 5.74) is 2.04. The lowest BCUT2D eigenvalue weighted by Gasteiger charge is -2.19. The molecule has 0 saturated carbocycles. The molecule has 13 heteroatoms. The number of esters is 1. The third-order valence-electron chi connectivity index (χ3n) is 5.90. The molecule has 1 aromatic heterocycles. The smallest absolute Gasteiger partial charge is 0.471 e. The van der Waals surface area contributed by atoms with Crippen molar-refractivity contribution in [3.63, 3.8) is 0 Å². The van der Waals surface area contributed by atoms with Crippen molar-refractivity contribution in [1.29, 1.82) is 0 Å². The van der Waals surface area contributed by atoms with Crippen molar-refractivity contribution in [1.82, 2.24) is 15.1 Å². The van der Waals surface area contributed by atoms with Crippen LogP contribution in [0.2, 0.25) is 10.0 Å². The highest BCUT2D eigenvalue weighted by Crippen LogP contribution is 2.33. The van der Waals surface area contributed by atoms with Gasteiger partial charge in [-0.25, -0.2) is 4.68 Å². The van der Waals surface area contributed by atoms with Crippen molar-refractivity contribution < 1.29 is 32.2 Å². The summed E-state index contributed by atoms with van der Waals surface area (Å²) in [4.78, 5) is 24.3. The highest BCUT2D eigenvalue weighted by Gasteiger charge is 2.27. The van der Waals surface area contributed by atoms with Gasteiger partial charge in [0.1, 0.15) is 12.2 Å². The van der Waals surface area contributed by atoms with Crippen LogP contribution in [0.15, 0.2) is 72.9 Å². The number of carbonyl (C=O) groups is 2. The van der Waals surface area contributed by atoms with E-state index in [0.717, 1.165) is 5.56 Å². The Morgan fingerprint density at radius 3 is 2.16 bits per heavy atom. The Morgan fingerprint density at radius 1 is 0.932 bits per heavy atom. The van der Waals surface area contributed by atoms with E-state index in [-0.39, 0.29) is 37.0 Å². The topological polar surface area (TPSA) is 94.5 Å². The van der Waals surface area contributed by atoms with Gasteiger partial charge in [0.15, 0.2) is 0 Å². The second kappa shape index (κ2) is 13.6. The Kier molecular flexibility index (Phi) is 10.1. The molecule has 1 amide bonds. The van der Waals surface area contributed by atoms with Gasteiger partial charge in [-0.1, -0.05) is 47.5 Å². The van der Waals surface area contributed by atoms with Crippen LogP contribution in [0, 0.1) is 0 Å². The van der Waals surface area contributed by atoms with E-state index in [2.05, 4.69) is 10.4 Å². The van der Waals surface area contributed by atoms with E-state index in [4.69, 9.17) is 32.7 Å². The van der Waals surface area contributed by atoms with Gasteiger partial charge in [0.25, 0.3) is 5.91 Å². The van der Waals surface area contributed by atoms with Crippen molar-refractivity contribution in [2.75, 3.05) is 11.9 Å². The van der Waals surface area contributed by atoms with Crippen LogP contribution in [0.1, 0.15) is 43.1 Å².